The summed E-state index contributed by atoms with van der Waals surface area (Å²) in [5.74, 6) is 1.60. The molecule has 0 N–H and O–H groups in total. The number of allylic oxidation sites excluding steroid dienone is 19. The van der Waals surface area contributed by atoms with Crippen LogP contribution < -0.4 is 0 Å². The lowest BCUT2D eigenvalue weighted by atomic mass is 9.87. The van der Waals surface area contributed by atoms with Crippen molar-refractivity contribution in [2.45, 2.75) is 71.6 Å². The second-order valence-corrected chi connectivity index (χ2v) is 20.9. The van der Waals surface area contributed by atoms with E-state index in [1.54, 1.807) is 0 Å². The largest absolute Gasteiger partial charge is 0.252 e. The summed E-state index contributed by atoms with van der Waals surface area (Å²) in [7, 11) is 0. The Kier molecular flexibility index (Phi) is 13.9. The van der Waals surface area contributed by atoms with Crippen molar-refractivity contribution in [2.75, 3.05) is 0 Å². The predicted octanol–water partition coefficient (Wildman–Crippen LogP) is 18.9. The van der Waals surface area contributed by atoms with E-state index in [-0.39, 0.29) is 5.92 Å². The Morgan fingerprint density at radius 1 is 0.474 bits per heavy atom. The topological polar surface area (TPSA) is 38.1 Å². The summed E-state index contributed by atoms with van der Waals surface area (Å²) in [6.45, 7) is 6.70. The molecule has 12 rings (SSSR count). The van der Waals surface area contributed by atoms with E-state index in [1.165, 1.54) is 78.0 Å². The van der Waals surface area contributed by atoms with Crippen LogP contribution in [0, 0.1) is 12.8 Å². The fourth-order valence-corrected chi connectivity index (χ4v) is 11.5. The van der Waals surface area contributed by atoms with Crippen molar-refractivity contribution in [1.29, 1.82) is 0 Å². The van der Waals surface area contributed by atoms with Crippen LogP contribution in [0.5, 0.6) is 0 Å². The second-order valence-electron chi connectivity index (χ2n) is 20.9. The summed E-state index contributed by atoms with van der Waals surface area (Å²) in [5.41, 5.74) is 26.1. The first-order chi connectivity index (χ1) is 37.4. The Balaban J connectivity index is 0.834. The molecule has 0 saturated heterocycles. The molecule has 2 atom stereocenters. The van der Waals surface area contributed by atoms with Crippen LogP contribution in [0.1, 0.15) is 121 Å². The summed E-state index contributed by atoms with van der Waals surface area (Å²) in [4.78, 5) is 16.4. The minimum absolute atomic E-state index is 0.191. The fraction of sp³-hybridized carbons (Fsp3) is 0.164. The molecule has 7 aromatic rings. The Morgan fingerprint density at radius 3 is 1.74 bits per heavy atom. The zero-order valence-electron chi connectivity index (χ0n) is 43.9. The van der Waals surface area contributed by atoms with Gasteiger partial charge in [0.05, 0.1) is 22.8 Å². The van der Waals surface area contributed by atoms with Crippen LogP contribution in [0.15, 0.2) is 241 Å². The summed E-state index contributed by atoms with van der Waals surface area (Å²) >= 11 is 0. The summed E-state index contributed by atoms with van der Waals surface area (Å²) in [6.07, 6.45) is 34.3. The van der Waals surface area contributed by atoms with Crippen molar-refractivity contribution in [3.8, 4) is 22.4 Å². The summed E-state index contributed by atoms with van der Waals surface area (Å²) in [6, 6.07) is 57.4. The van der Waals surface area contributed by atoms with Gasteiger partial charge in [0.15, 0.2) is 5.82 Å². The predicted molar refractivity (Wildman–Crippen MR) is 322 cm³/mol. The van der Waals surface area contributed by atoms with Crippen LogP contribution in [0.2, 0.25) is 0 Å². The van der Waals surface area contributed by atoms with Gasteiger partial charge >= 0.3 is 0 Å². The van der Waals surface area contributed by atoms with E-state index >= 15 is 0 Å². The number of nitrogens with zero attached hydrogens (tertiary/aromatic N) is 3. The molecule has 2 unspecified atom stereocenters. The van der Waals surface area contributed by atoms with Gasteiger partial charge in [-0.2, -0.15) is 0 Å². The van der Waals surface area contributed by atoms with Crippen molar-refractivity contribution in [1.82, 2.24) is 9.97 Å². The molecule has 0 fully saturated rings. The average molecular weight is 982 g/mol. The van der Waals surface area contributed by atoms with Gasteiger partial charge in [0, 0.05) is 23.5 Å². The highest BCUT2D eigenvalue weighted by Crippen LogP contribution is 2.40. The number of benzene rings is 6. The monoisotopic (exact) mass is 982 g/mol. The summed E-state index contributed by atoms with van der Waals surface area (Å²) < 4.78 is 0. The molecular weight excluding hydrogens is 919 g/mol. The standard InChI is InChI=1S/C73H63N3/c1-49-37-39-52(40-38-49)56-25-13-26-57(43-56)63-32-17-35-66(47-63)72-51(3)71(55-23-11-6-12-24-55)75-73(76-72)67-36-18-33-64(48-67)61-30-15-28-59(45-61)58-27-14-29-60(44-58)62-31-16-34-65(46-62)69-42-41-68(53-19-7-4-8-20-53)50(2)70(74-69)54-21-9-5-10-22-54/h4-13,15-17,19-23,25-26,28-35,37,39-41,43-49,55H,14,18,24,27,36,38,42H2,1-3H3. The molecule has 3 heteroatoms. The van der Waals surface area contributed by atoms with Gasteiger partial charge in [-0.15, -0.1) is 0 Å². The number of aliphatic imine (C=N–C) groups is 1. The van der Waals surface area contributed by atoms with Gasteiger partial charge in [-0.3, -0.25) is 4.99 Å². The SMILES string of the molecule is CC1=C(c2ccccc2)N=C(c2cccc(C3=CCCC(c4cccc(C5=CCCC(c6nc(-c7cccc(-c8cccc(C9=CCC(C)C=C9)c8)c7)c(C)c(C7C=CC=CC7)n6)=C5)c4)=C3)c2)CC=C1c1ccccc1. The normalized spacial score (nSPS) is 18.4. The Labute approximate surface area is 449 Å². The first kappa shape index (κ1) is 48.4. The maximum atomic E-state index is 5.49. The minimum Gasteiger partial charge on any atom is -0.252 e. The van der Waals surface area contributed by atoms with Crippen molar-refractivity contribution < 1.29 is 0 Å². The molecule has 0 saturated carbocycles. The highest BCUT2D eigenvalue weighted by atomic mass is 14.9. The van der Waals surface area contributed by atoms with Gasteiger partial charge < -0.3 is 0 Å². The summed E-state index contributed by atoms with van der Waals surface area (Å²) in [5, 5.41) is 0. The van der Waals surface area contributed by atoms with Crippen LogP contribution in [-0.4, -0.2) is 15.7 Å². The Hall–Kier alpha value is -8.53. The highest BCUT2D eigenvalue weighted by Gasteiger charge is 2.23. The van der Waals surface area contributed by atoms with Crippen molar-refractivity contribution >= 4 is 44.8 Å². The number of aromatic nitrogens is 2. The van der Waals surface area contributed by atoms with Gasteiger partial charge in [-0.1, -0.05) is 207 Å². The Morgan fingerprint density at radius 2 is 1.05 bits per heavy atom. The zero-order chi connectivity index (χ0) is 51.4. The third-order valence-electron chi connectivity index (χ3n) is 15.7. The van der Waals surface area contributed by atoms with E-state index in [0.29, 0.717) is 5.92 Å². The van der Waals surface area contributed by atoms with Crippen molar-refractivity contribution in [2.24, 2.45) is 10.9 Å². The van der Waals surface area contributed by atoms with E-state index < -0.39 is 0 Å². The molecule has 5 aliphatic rings. The molecule has 76 heavy (non-hydrogen) atoms. The molecular formula is C73H63N3. The first-order valence-electron chi connectivity index (χ1n) is 27.3. The maximum absolute atomic E-state index is 5.49. The van der Waals surface area contributed by atoms with E-state index in [9.17, 15) is 0 Å². The van der Waals surface area contributed by atoms with Gasteiger partial charge in [0.25, 0.3) is 0 Å². The lowest BCUT2D eigenvalue weighted by Gasteiger charge is -2.21. The van der Waals surface area contributed by atoms with Crippen LogP contribution in [-0.2, 0) is 0 Å². The van der Waals surface area contributed by atoms with Crippen LogP contribution >= 0.6 is 0 Å². The lowest BCUT2D eigenvalue weighted by Crippen LogP contribution is -2.10. The number of hydrogen-bond donors (Lipinski definition) is 0. The molecule has 1 aromatic heterocycles. The fourth-order valence-electron chi connectivity index (χ4n) is 11.5. The molecule has 370 valence electrons. The van der Waals surface area contributed by atoms with Crippen LogP contribution in [0.3, 0.4) is 0 Å². The number of rotatable bonds is 11. The van der Waals surface area contributed by atoms with E-state index in [4.69, 9.17) is 15.0 Å². The van der Waals surface area contributed by atoms with Crippen LogP contribution in [0.4, 0.5) is 0 Å². The van der Waals surface area contributed by atoms with Crippen LogP contribution in [0.25, 0.3) is 61.5 Å². The molecule has 0 spiro atoms. The third-order valence-corrected chi connectivity index (χ3v) is 15.7. The van der Waals surface area contributed by atoms with Crippen molar-refractivity contribution in [3.63, 3.8) is 0 Å². The van der Waals surface area contributed by atoms with E-state index in [0.717, 1.165) is 95.8 Å². The van der Waals surface area contributed by atoms with E-state index in [2.05, 4.69) is 251 Å². The quantitative estimate of drug-likeness (QED) is 0.130. The molecule has 0 bridgehead atoms. The average Bonchev–Trinajstić information content (AvgIpc) is 3.69. The molecule has 2 heterocycles. The first-order valence-corrected chi connectivity index (χ1v) is 27.3. The third kappa shape index (κ3) is 10.3. The molecule has 3 nitrogen and oxygen atoms in total. The zero-order valence-corrected chi connectivity index (χ0v) is 43.9. The number of hydrogen-bond acceptors (Lipinski definition) is 3. The second kappa shape index (κ2) is 21.7. The van der Waals surface area contributed by atoms with Gasteiger partial charge in [0.1, 0.15) is 0 Å². The lowest BCUT2D eigenvalue weighted by molar-refractivity contribution is 0.739. The molecule has 1 aliphatic heterocycles. The van der Waals surface area contributed by atoms with Crippen molar-refractivity contribution in [3.05, 3.63) is 292 Å². The Bertz CT molecular complexity index is 3750. The molecule has 0 amide bonds. The van der Waals surface area contributed by atoms with E-state index in [1.807, 2.05) is 0 Å². The maximum Gasteiger partial charge on any atom is 0.156 e. The van der Waals surface area contributed by atoms with Gasteiger partial charge in [-0.25, -0.2) is 9.97 Å². The molecule has 0 radical (unpaired) electrons. The van der Waals surface area contributed by atoms with Gasteiger partial charge in [-0.05, 0) is 178 Å². The smallest absolute Gasteiger partial charge is 0.156 e. The van der Waals surface area contributed by atoms with Gasteiger partial charge in [0.2, 0.25) is 0 Å². The minimum atomic E-state index is 0.191. The molecule has 6 aromatic carbocycles. The molecule has 4 aliphatic carbocycles. The highest BCUT2D eigenvalue weighted by molar-refractivity contribution is 6.08.